The second kappa shape index (κ2) is 9.28. The van der Waals surface area contributed by atoms with Crippen LogP contribution in [0, 0.1) is 5.92 Å². The van der Waals surface area contributed by atoms with Crippen LogP contribution in [0.5, 0.6) is 5.88 Å². The van der Waals surface area contributed by atoms with Gasteiger partial charge in [-0.1, -0.05) is 0 Å². The van der Waals surface area contributed by atoms with Gasteiger partial charge in [-0.3, -0.25) is 0 Å². The summed E-state index contributed by atoms with van der Waals surface area (Å²) in [7, 11) is 0. The number of ether oxygens (including phenoxy) is 2. The fourth-order valence-electron chi connectivity index (χ4n) is 4.63. The summed E-state index contributed by atoms with van der Waals surface area (Å²) < 4.78 is 11.8. The Hall–Kier alpha value is -1.93. The van der Waals surface area contributed by atoms with E-state index in [0.29, 0.717) is 11.8 Å². The Balaban J connectivity index is 1.40. The highest BCUT2D eigenvalue weighted by Crippen LogP contribution is 2.41. The Morgan fingerprint density at radius 3 is 2.71 bits per heavy atom. The molecule has 4 rings (SSSR count). The van der Waals surface area contributed by atoms with E-state index < -0.39 is 5.60 Å². The van der Waals surface area contributed by atoms with Gasteiger partial charge in [0.1, 0.15) is 22.9 Å². The predicted molar refractivity (Wildman–Crippen MR) is 121 cm³/mol. The number of thiophene rings is 1. The third kappa shape index (κ3) is 5.47. The summed E-state index contributed by atoms with van der Waals surface area (Å²) in [5, 5.41) is 13.4. The van der Waals surface area contributed by atoms with E-state index in [1.54, 1.807) is 17.7 Å². The van der Waals surface area contributed by atoms with E-state index in [9.17, 15) is 9.90 Å². The lowest BCUT2D eigenvalue weighted by atomic mass is 9.85. The summed E-state index contributed by atoms with van der Waals surface area (Å²) in [6, 6.07) is 0.119. The fraction of sp³-hybridized carbons (Fsp3) is 0.696. The Labute approximate surface area is 187 Å². The highest BCUT2D eigenvalue weighted by Gasteiger charge is 2.29. The van der Waals surface area contributed by atoms with Gasteiger partial charge in [-0.25, -0.2) is 14.8 Å². The number of nitrogens with one attached hydrogen (secondary N) is 1. The van der Waals surface area contributed by atoms with Crippen LogP contribution >= 0.6 is 11.3 Å². The molecular weight excluding hydrogens is 414 g/mol. The van der Waals surface area contributed by atoms with Gasteiger partial charge in [0.25, 0.3) is 0 Å². The van der Waals surface area contributed by atoms with Crippen molar-refractivity contribution < 1.29 is 19.4 Å². The number of aryl methyl sites for hydroxylation is 1. The summed E-state index contributed by atoms with van der Waals surface area (Å²) in [6.07, 6.45) is 8.76. The van der Waals surface area contributed by atoms with Crippen molar-refractivity contribution in [2.45, 2.75) is 89.9 Å². The number of hydrogen-bond donors (Lipinski definition) is 2. The summed E-state index contributed by atoms with van der Waals surface area (Å²) in [5.74, 6) is 1.20. The quantitative estimate of drug-likeness (QED) is 0.706. The van der Waals surface area contributed by atoms with E-state index in [1.807, 2.05) is 20.8 Å². The van der Waals surface area contributed by atoms with Crippen LogP contribution in [-0.2, 0) is 17.6 Å². The van der Waals surface area contributed by atoms with Gasteiger partial charge in [-0.05, 0) is 83.6 Å². The molecule has 2 heterocycles. The Kier molecular flexibility index (Phi) is 6.67. The van der Waals surface area contributed by atoms with Crippen molar-refractivity contribution in [1.82, 2.24) is 15.3 Å². The van der Waals surface area contributed by atoms with Gasteiger partial charge in [-0.2, -0.15) is 0 Å². The number of aliphatic hydroxyl groups excluding tert-OH is 1. The van der Waals surface area contributed by atoms with Crippen molar-refractivity contribution in [1.29, 1.82) is 0 Å². The lowest BCUT2D eigenvalue weighted by Gasteiger charge is -2.30. The van der Waals surface area contributed by atoms with Crippen molar-refractivity contribution in [2.75, 3.05) is 6.61 Å². The monoisotopic (exact) mass is 447 g/mol. The minimum Gasteiger partial charge on any atom is -0.474 e. The number of aliphatic hydroxyl groups is 1. The Morgan fingerprint density at radius 2 is 2.00 bits per heavy atom. The lowest BCUT2D eigenvalue weighted by Crippen LogP contribution is -2.42. The molecule has 1 atom stereocenters. The highest BCUT2D eigenvalue weighted by molar-refractivity contribution is 7.18. The molecule has 0 spiro atoms. The third-order valence-corrected chi connectivity index (χ3v) is 7.32. The molecule has 0 bridgehead atoms. The van der Waals surface area contributed by atoms with Gasteiger partial charge in [0.2, 0.25) is 5.88 Å². The largest absolute Gasteiger partial charge is 0.474 e. The molecule has 1 amide bonds. The van der Waals surface area contributed by atoms with Crippen LogP contribution in [0.25, 0.3) is 10.2 Å². The second-order valence-electron chi connectivity index (χ2n) is 9.72. The van der Waals surface area contributed by atoms with Gasteiger partial charge in [0, 0.05) is 17.5 Å². The first-order valence-corrected chi connectivity index (χ1v) is 12.2. The average Bonchev–Trinajstić information content (AvgIpc) is 3.07. The zero-order valence-corrected chi connectivity index (χ0v) is 19.5. The predicted octanol–water partition coefficient (Wildman–Crippen LogP) is 4.39. The molecule has 0 aromatic carbocycles. The van der Waals surface area contributed by atoms with Gasteiger partial charge in [-0.15, -0.1) is 11.3 Å². The number of fused-ring (bicyclic) bond motifs is 3. The molecule has 170 valence electrons. The molecule has 0 radical (unpaired) electrons. The van der Waals surface area contributed by atoms with Crippen molar-refractivity contribution in [3.05, 3.63) is 16.8 Å². The average molecular weight is 448 g/mol. The summed E-state index contributed by atoms with van der Waals surface area (Å²) in [6.45, 7) is 5.85. The second-order valence-corrected chi connectivity index (χ2v) is 10.8. The van der Waals surface area contributed by atoms with Crippen LogP contribution in [0.3, 0.4) is 0 Å². The van der Waals surface area contributed by atoms with Gasteiger partial charge < -0.3 is 19.9 Å². The molecule has 0 aliphatic heterocycles. The Morgan fingerprint density at radius 1 is 1.23 bits per heavy atom. The summed E-state index contributed by atoms with van der Waals surface area (Å²) in [5.41, 5.74) is 0.833. The number of carbonyl (C=O) groups excluding carboxylic acids is 1. The number of alkyl carbamates (subject to hydrolysis) is 1. The van der Waals surface area contributed by atoms with E-state index in [-0.39, 0.29) is 24.8 Å². The molecular formula is C23H33N3O4S. The number of hydrogen-bond acceptors (Lipinski definition) is 7. The molecule has 1 fully saturated rings. The zero-order valence-electron chi connectivity index (χ0n) is 18.6. The number of rotatable bonds is 5. The molecule has 1 saturated carbocycles. The summed E-state index contributed by atoms with van der Waals surface area (Å²) >= 11 is 1.75. The first-order chi connectivity index (χ1) is 14.8. The molecule has 2 N–H and O–H groups in total. The minimum atomic E-state index is -0.487. The summed E-state index contributed by atoms with van der Waals surface area (Å²) in [4.78, 5) is 23.4. The lowest BCUT2D eigenvalue weighted by molar-refractivity contribution is 0.0470. The van der Waals surface area contributed by atoms with Crippen LogP contribution in [0.1, 0.15) is 69.7 Å². The molecule has 2 aromatic heterocycles. The van der Waals surface area contributed by atoms with Crippen LogP contribution in [-0.4, -0.2) is 45.5 Å². The van der Waals surface area contributed by atoms with Crippen LogP contribution in [0.4, 0.5) is 4.79 Å². The van der Waals surface area contributed by atoms with Crippen molar-refractivity contribution in [2.24, 2.45) is 5.92 Å². The van der Waals surface area contributed by atoms with E-state index in [2.05, 4.69) is 15.3 Å². The van der Waals surface area contributed by atoms with E-state index >= 15 is 0 Å². The fourth-order valence-corrected chi connectivity index (χ4v) is 5.80. The minimum absolute atomic E-state index is 0.0853. The van der Waals surface area contributed by atoms with E-state index in [1.165, 1.54) is 10.4 Å². The van der Waals surface area contributed by atoms with E-state index in [0.717, 1.165) is 61.6 Å². The number of carbonyl (C=O) groups is 1. The van der Waals surface area contributed by atoms with Crippen molar-refractivity contribution in [3.63, 3.8) is 0 Å². The topological polar surface area (TPSA) is 93.6 Å². The van der Waals surface area contributed by atoms with Crippen molar-refractivity contribution >= 4 is 27.6 Å². The third-order valence-electron chi connectivity index (χ3n) is 6.12. The molecule has 7 nitrogen and oxygen atoms in total. The molecule has 0 saturated heterocycles. The molecule has 2 aliphatic rings. The smallest absolute Gasteiger partial charge is 0.407 e. The maximum absolute atomic E-state index is 12.0. The SMILES string of the molecule is CC(C)(C)OC(=O)N[C@H]1CC[C@H](Oc2ncnc3sc4c(c23)C[C@H](CCO)CC4)CC1. The van der Waals surface area contributed by atoms with Crippen LogP contribution in [0.2, 0.25) is 0 Å². The normalized spacial score (nSPS) is 23.9. The van der Waals surface area contributed by atoms with Crippen LogP contribution in [0.15, 0.2) is 6.33 Å². The first kappa shape index (κ1) is 22.3. The van der Waals surface area contributed by atoms with Gasteiger partial charge >= 0.3 is 6.09 Å². The first-order valence-electron chi connectivity index (χ1n) is 11.3. The molecule has 0 unspecified atom stereocenters. The van der Waals surface area contributed by atoms with Gasteiger partial charge in [0.05, 0.1) is 5.39 Å². The molecule has 2 aliphatic carbocycles. The number of nitrogens with zero attached hydrogens (tertiary/aromatic N) is 2. The highest BCUT2D eigenvalue weighted by atomic mass is 32.1. The van der Waals surface area contributed by atoms with Gasteiger partial charge in [0.15, 0.2) is 0 Å². The zero-order chi connectivity index (χ0) is 22.0. The molecule has 31 heavy (non-hydrogen) atoms. The van der Waals surface area contributed by atoms with Crippen LogP contribution < -0.4 is 10.1 Å². The number of amides is 1. The maximum Gasteiger partial charge on any atom is 0.407 e. The molecule has 8 heteroatoms. The standard InChI is InChI=1S/C23H33N3O4S/c1-23(2,3)30-22(28)26-15-5-7-16(8-6-15)29-20-19-17-12-14(10-11-27)4-9-18(17)31-21(19)25-13-24-20/h13-16,27H,4-12H2,1-3H3,(H,26,28)/t14-,15-,16-/m0/s1. The van der Waals surface area contributed by atoms with E-state index in [4.69, 9.17) is 9.47 Å². The Bertz CT molecular complexity index is 915. The molecule has 2 aromatic rings. The van der Waals surface area contributed by atoms with Crippen molar-refractivity contribution in [3.8, 4) is 5.88 Å². The number of aromatic nitrogens is 2. The maximum atomic E-state index is 12.0.